The molecule has 0 atom stereocenters. The summed E-state index contributed by atoms with van der Waals surface area (Å²) in [6, 6.07) is 4.97. The Bertz CT molecular complexity index is 842. The highest BCUT2D eigenvalue weighted by atomic mass is 35.5. The largest absolute Gasteiger partial charge is 0.417 e. The van der Waals surface area contributed by atoms with E-state index in [-0.39, 0.29) is 28.8 Å². The van der Waals surface area contributed by atoms with Crippen molar-refractivity contribution in [3.05, 3.63) is 52.9 Å². The van der Waals surface area contributed by atoms with E-state index in [2.05, 4.69) is 15.0 Å². The number of rotatable bonds is 6. The monoisotopic (exact) mass is 397 g/mol. The third kappa shape index (κ3) is 5.28. The van der Waals surface area contributed by atoms with Crippen molar-refractivity contribution in [3.63, 3.8) is 0 Å². The summed E-state index contributed by atoms with van der Waals surface area (Å²) in [4.78, 5) is 3.45. The summed E-state index contributed by atoms with van der Waals surface area (Å²) in [7, 11) is -3.83. The lowest BCUT2D eigenvalue weighted by atomic mass is 10.3. The number of halogens is 5. The van der Waals surface area contributed by atoms with Gasteiger partial charge in [0.1, 0.15) is 11.6 Å². The zero-order valence-electron chi connectivity index (χ0n) is 12.4. The minimum Gasteiger partial charge on any atom is -0.368 e. The molecule has 0 radical (unpaired) electrons. The van der Waals surface area contributed by atoms with E-state index in [1.54, 1.807) is 0 Å². The van der Waals surface area contributed by atoms with Crippen molar-refractivity contribution >= 4 is 27.4 Å². The van der Waals surface area contributed by atoms with Gasteiger partial charge in [-0.25, -0.2) is 22.5 Å². The fraction of sp³-hybridized carbons (Fsp3) is 0.214. The standard InChI is InChI=1S/C14H12ClF4N3O2S/c15-12-7-9(14(17,18)19)8-21-13(12)20-5-6-22-25(23,24)11-3-1-10(16)2-4-11/h1-4,7-8,22H,5-6H2,(H,20,21). The van der Waals surface area contributed by atoms with Gasteiger partial charge in [-0.15, -0.1) is 0 Å². The molecule has 25 heavy (non-hydrogen) atoms. The van der Waals surface area contributed by atoms with Gasteiger partial charge in [-0.2, -0.15) is 13.2 Å². The Labute approximate surface area is 146 Å². The second-order valence-electron chi connectivity index (χ2n) is 4.83. The minimum atomic E-state index is -4.56. The zero-order chi connectivity index (χ0) is 18.7. The summed E-state index contributed by atoms with van der Waals surface area (Å²) in [5.74, 6) is -0.570. The first-order valence-corrected chi connectivity index (χ1v) is 8.67. The van der Waals surface area contributed by atoms with Crippen LogP contribution in [0.2, 0.25) is 5.02 Å². The molecule has 0 aliphatic heterocycles. The van der Waals surface area contributed by atoms with E-state index < -0.39 is 27.6 Å². The summed E-state index contributed by atoms with van der Waals surface area (Å²) in [5, 5.41) is 2.39. The SMILES string of the molecule is O=S(=O)(NCCNc1ncc(C(F)(F)F)cc1Cl)c1ccc(F)cc1. The third-order valence-corrected chi connectivity index (χ3v) is 4.77. The number of nitrogens with one attached hydrogen (secondary N) is 2. The maximum atomic E-state index is 12.8. The van der Waals surface area contributed by atoms with E-state index in [9.17, 15) is 26.0 Å². The lowest BCUT2D eigenvalue weighted by Crippen LogP contribution is -2.29. The first kappa shape index (κ1) is 19.4. The van der Waals surface area contributed by atoms with Crippen LogP contribution in [0.4, 0.5) is 23.4 Å². The molecular formula is C14H12ClF4N3O2S. The smallest absolute Gasteiger partial charge is 0.368 e. The Kier molecular flexibility index (Phi) is 5.86. The predicted molar refractivity (Wildman–Crippen MR) is 84.3 cm³/mol. The quantitative estimate of drug-likeness (QED) is 0.579. The molecule has 0 unspecified atom stereocenters. The fourth-order valence-corrected chi connectivity index (χ4v) is 3.05. The number of hydrogen-bond acceptors (Lipinski definition) is 4. The molecule has 0 amide bonds. The molecule has 0 aliphatic carbocycles. The highest BCUT2D eigenvalue weighted by molar-refractivity contribution is 7.89. The first-order chi connectivity index (χ1) is 11.6. The average molecular weight is 398 g/mol. The van der Waals surface area contributed by atoms with Crippen LogP contribution in [0.15, 0.2) is 41.4 Å². The van der Waals surface area contributed by atoms with Crippen LogP contribution in [0, 0.1) is 5.82 Å². The Balaban J connectivity index is 1.92. The number of anilines is 1. The van der Waals surface area contributed by atoms with Gasteiger partial charge < -0.3 is 5.32 Å². The highest BCUT2D eigenvalue weighted by Crippen LogP contribution is 2.32. The first-order valence-electron chi connectivity index (χ1n) is 6.81. The van der Waals surface area contributed by atoms with E-state index in [1.165, 1.54) is 0 Å². The molecule has 2 aromatic rings. The Morgan fingerprint density at radius 1 is 1.12 bits per heavy atom. The van der Waals surface area contributed by atoms with Crippen molar-refractivity contribution in [2.75, 3.05) is 18.4 Å². The summed E-state index contributed by atoms with van der Waals surface area (Å²) < 4.78 is 76.5. The van der Waals surface area contributed by atoms with Crippen molar-refractivity contribution < 1.29 is 26.0 Å². The summed E-state index contributed by atoms with van der Waals surface area (Å²) in [5.41, 5.74) is -0.986. The highest BCUT2D eigenvalue weighted by Gasteiger charge is 2.31. The van der Waals surface area contributed by atoms with E-state index in [4.69, 9.17) is 11.6 Å². The van der Waals surface area contributed by atoms with Crippen LogP contribution in [0.5, 0.6) is 0 Å². The molecule has 2 N–H and O–H groups in total. The molecular weight excluding hydrogens is 386 g/mol. The van der Waals surface area contributed by atoms with Crippen LogP contribution in [0.25, 0.3) is 0 Å². The number of benzene rings is 1. The number of hydrogen-bond donors (Lipinski definition) is 2. The molecule has 11 heteroatoms. The predicted octanol–water partition coefficient (Wildman–Crippen LogP) is 3.28. The zero-order valence-corrected chi connectivity index (χ0v) is 14.0. The number of aromatic nitrogens is 1. The molecule has 5 nitrogen and oxygen atoms in total. The molecule has 2 rings (SSSR count). The van der Waals surface area contributed by atoms with Gasteiger partial charge in [0.15, 0.2) is 0 Å². The van der Waals surface area contributed by atoms with Crippen LogP contribution < -0.4 is 10.0 Å². The van der Waals surface area contributed by atoms with Gasteiger partial charge in [0.25, 0.3) is 0 Å². The van der Waals surface area contributed by atoms with Crippen molar-refractivity contribution in [1.29, 1.82) is 0 Å². The lowest BCUT2D eigenvalue weighted by molar-refractivity contribution is -0.137. The van der Waals surface area contributed by atoms with Gasteiger partial charge in [-0.05, 0) is 30.3 Å². The van der Waals surface area contributed by atoms with Gasteiger partial charge in [-0.3, -0.25) is 0 Å². The minimum absolute atomic E-state index is 0.00403. The van der Waals surface area contributed by atoms with Crippen molar-refractivity contribution in [2.45, 2.75) is 11.1 Å². The fourth-order valence-electron chi connectivity index (χ4n) is 1.79. The molecule has 0 spiro atoms. The molecule has 0 saturated carbocycles. The van der Waals surface area contributed by atoms with Crippen molar-refractivity contribution in [2.24, 2.45) is 0 Å². The van der Waals surface area contributed by atoms with Gasteiger partial charge in [0.2, 0.25) is 10.0 Å². The number of sulfonamides is 1. The van der Waals surface area contributed by atoms with Crippen molar-refractivity contribution in [1.82, 2.24) is 9.71 Å². The van der Waals surface area contributed by atoms with Gasteiger partial charge in [0.05, 0.1) is 15.5 Å². The Morgan fingerprint density at radius 2 is 1.76 bits per heavy atom. The third-order valence-electron chi connectivity index (χ3n) is 3.00. The van der Waals surface area contributed by atoms with E-state index in [0.717, 1.165) is 30.3 Å². The topological polar surface area (TPSA) is 71.1 Å². The number of nitrogens with zero attached hydrogens (tertiary/aromatic N) is 1. The van der Waals surface area contributed by atoms with E-state index >= 15 is 0 Å². The normalized spacial score (nSPS) is 12.2. The van der Waals surface area contributed by atoms with Gasteiger partial charge >= 0.3 is 6.18 Å². The molecule has 0 fully saturated rings. The molecule has 1 aromatic carbocycles. The van der Waals surface area contributed by atoms with Crippen LogP contribution in [0.3, 0.4) is 0 Å². The molecule has 0 bridgehead atoms. The summed E-state index contributed by atoms with van der Waals surface area (Å²) in [6.07, 6.45) is -3.93. The number of alkyl halides is 3. The number of pyridine rings is 1. The molecule has 1 aromatic heterocycles. The molecule has 136 valence electrons. The van der Waals surface area contributed by atoms with Gasteiger partial charge in [-0.1, -0.05) is 11.6 Å². The van der Waals surface area contributed by atoms with Crippen LogP contribution in [0.1, 0.15) is 5.56 Å². The second-order valence-corrected chi connectivity index (χ2v) is 7.00. The van der Waals surface area contributed by atoms with Crippen LogP contribution >= 0.6 is 11.6 Å². The van der Waals surface area contributed by atoms with E-state index in [0.29, 0.717) is 6.20 Å². The average Bonchev–Trinajstić information content (AvgIpc) is 2.52. The van der Waals surface area contributed by atoms with E-state index in [1.807, 2.05) is 0 Å². The van der Waals surface area contributed by atoms with Crippen LogP contribution in [-0.2, 0) is 16.2 Å². The van der Waals surface area contributed by atoms with Crippen LogP contribution in [-0.4, -0.2) is 26.5 Å². The Hall–Kier alpha value is -1.91. The summed E-state index contributed by atoms with van der Waals surface area (Å²) >= 11 is 5.72. The van der Waals surface area contributed by atoms with Crippen molar-refractivity contribution in [3.8, 4) is 0 Å². The molecule has 1 heterocycles. The molecule has 0 saturated heterocycles. The molecule has 0 aliphatic rings. The maximum absolute atomic E-state index is 12.8. The second kappa shape index (κ2) is 7.54. The van der Waals surface area contributed by atoms with Gasteiger partial charge in [0, 0.05) is 19.3 Å². The summed E-state index contributed by atoms with van der Waals surface area (Å²) in [6.45, 7) is -0.0583. The Morgan fingerprint density at radius 3 is 2.32 bits per heavy atom. The maximum Gasteiger partial charge on any atom is 0.417 e. The lowest BCUT2D eigenvalue weighted by Gasteiger charge is -2.11.